The van der Waals surface area contributed by atoms with Gasteiger partial charge in [-0.3, -0.25) is 14.4 Å². The van der Waals surface area contributed by atoms with Crippen molar-refractivity contribution in [1.82, 2.24) is 30.0 Å². The second kappa shape index (κ2) is 13.4. The highest BCUT2D eigenvalue weighted by atomic mass is 16.2. The van der Waals surface area contributed by atoms with Crippen LogP contribution in [-0.2, 0) is 23.8 Å². The maximum absolute atomic E-state index is 13.8. The second-order valence-electron chi connectivity index (χ2n) is 13.4. The zero-order valence-corrected chi connectivity index (χ0v) is 28.2. The van der Waals surface area contributed by atoms with E-state index in [1.54, 1.807) is 22.0 Å². The zero-order valence-electron chi connectivity index (χ0n) is 28.2. The van der Waals surface area contributed by atoms with Crippen molar-refractivity contribution < 1.29 is 9.59 Å². The van der Waals surface area contributed by atoms with Crippen LogP contribution in [0.15, 0.2) is 85.5 Å². The first-order valence-electron chi connectivity index (χ1n) is 16.8. The number of rotatable bonds is 8. The van der Waals surface area contributed by atoms with Gasteiger partial charge in [-0.1, -0.05) is 42.5 Å². The minimum atomic E-state index is -0.624. The van der Waals surface area contributed by atoms with Crippen molar-refractivity contribution in [1.29, 1.82) is 5.26 Å². The highest BCUT2D eigenvalue weighted by molar-refractivity contribution is 6.06. The van der Waals surface area contributed by atoms with E-state index < -0.39 is 5.41 Å². The molecule has 4 heterocycles. The SMILES string of the molecule is Cn1cc(-c2ccc(N(C(=O)NCc3ccccc3)C3CCC(Nc4ncc(C#N)c(-c5ccc6c(c5)NC(=O)C6(C)C)n4)CC3)nc2)cn1. The molecule has 3 N–H and O–H groups in total. The number of amides is 3. The van der Waals surface area contributed by atoms with E-state index in [1.165, 1.54) is 6.20 Å². The van der Waals surface area contributed by atoms with Crippen LogP contribution in [0.3, 0.4) is 0 Å². The molecule has 12 heteroatoms. The minimum absolute atomic E-state index is 0.0597. The van der Waals surface area contributed by atoms with Crippen LogP contribution in [0, 0.1) is 11.3 Å². The second-order valence-corrected chi connectivity index (χ2v) is 13.4. The van der Waals surface area contributed by atoms with E-state index >= 15 is 0 Å². The minimum Gasteiger partial charge on any atom is -0.351 e. The highest BCUT2D eigenvalue weighted by Crippen LogP contribution is 2.40. The van der Waals surface area contributed by atoms with Gasteiger partial charge in [-0.15, -0.1) is 0 Å². The van der Waals surface area contributed by atoms with Crippen LogP contribution in [0.2, 0.25) is 0 Å². The number of carbonyl (C=O) groups excluding carboxylic acids is 2. The Bertz CT molecular complexity index is 2080. The number of pyridine rings is 1. The molecule has 0 unspecified atom stereocenters. The van der Waals surface area contributed by atoms with Gasteiger partial charge in [0.1, 0.15) is 11.9 Å². The van der Waals surface area contributed by atoms with Gasteiger partial charge in [-0.2, -0.15) is 10.4 Å². The topological polar surface area (TPSA) is 154 Å². The third-order valence-corrected chi connectivity index (χ3v) is 9.62. The van der Waals surface area contributed by atoms with E-state index in [1.807, 2.05) is 87.8 Å². The van der Waals surface area contributed by atoms with Crippen LogP contribution < -0.4 is 20.9 Å². The Kier molecular flexibility index (Phi) is 8.72. The lowest BCUT2D eigenvalue weighted by atomic mass is 9.85. The molecule has 50 heavy (non-hydrogen) atoms. The van der Waals surface area contributed by atoms with E-state index in [0.717, 1.165) is 59.2 Å². The van der Waals surface area contributed by atoms with Crippen LogP contribution >= 0.6 is 0 Å². The number of urea groups is 1. The van der Waals surface area contributed by atoms with Crippen LogP contribution in [-0.4, -0.2) is 48.8 Å². The lowest BCUT2D eigenvalue weighted by Gasteiger charge is -2.36. The maximum atomic E-state index is 13.8. The lowest BCUT2D eigenvalue weighted by Crippen LogP contribution is -2.49. The number of benzene rings is 2. The third-order valence-electron chi connectivity index (χ3n) is 9.62. The van der Waals surface area contributed by atoms with Crippen molar-refractivity contribution in [3.05, 3.63) is 102 Å². The van der Waals surface area contributed by atoms with E-state index in [0.29, 0.717) is 29.6 Å². The number of aryl methyl sites for hydroxylation is 1. The number of fused-ring (bicyclic) bond motifs is 1. The van der Waals surface area contributed by atoms with Crippen LogP contribution in [0.5, 0.6) is 0 Å². The van der Waals surface area contributed by atoms with Crippen molar-refractivity contribution in [2.75, 3.05) is 15.5 Å². The van der Waals surface area contributed by atoms with E-state index in [9.17, 15) is 14.9 Å². The fourth-order valence-electron chi connectivity index (χ4n) is 6.74. The molecule has 0 radical (unpaired) electrons. The van der Waals surface area contributed by atoms with Gasteiger partial charge in [-0.05, 0) is 68.9 Å². The summed E-state index contributed by atoms with van der Waals surface area (Å²) in [5, 5.41) is 23.6. The van der Waals surface area contributed by atoms with Gasteiger partial charge in [0.05, 0.1) is 29.1 Å². The summed E-state index contributed by atoms with van der Waals surface area (Å²) in [5.74, 6) is 0.960. The average molecular weight is 667 g/mol. The Labute approximate surface area is 290 Å². The van der Waals surface area contributed by atoms with Gasteiger partial charge in [0.2, 0.25) is 11.9 Å². The molecular weight excluding hydrogens is 628 g/mol. The normalized spacial score (nSPS) is 17.7. The zero-order chi connectivity index (χ0) is 34.8. The van der Waals surface area contributed by atoms with Crippen molar-refractivity contribution in [3.8, 4) is 28.5 Å². The average Bonchev–Trinajstić information content (AvgIpc) is 3.67. The standard InChI is InChI=1S/C38H38N10O2/c1-38(2)31-15-9-25(17-32(31)45-35(38)49)34-27(18-39)21-41-36(46-34)44-29-11-13-30(14-12-29)48(37(50)42-19-24-7-5-4-6-8-24)33-16-10-26(20-40-33)28-22-43-47(3)23-28/h4-10,15-17,20-23,29-30H,11-14,19H2,1-3H3,(H,42,50)(H,45,49)(H,41,44,46). The summed E-state index contributed by atoms with van der Waals surface area (Å²) in [5.41, 5.74) is 5.50. The predicted molar refractivity (Wildman–Crippen MR) is 191 cm³/mol. The molecule has 252 valence electrons. The molecule has 1 saturated carbocycles. The Hall–Kier alpha value is -6.09. The first-order valence-corrected chi connectivity index (χ1v) is 16.8. The molecule has 2 aliphatic rings. The lowest BCUT2D eigenvalue weighted by molar-refractivity contribution is -0.119. The number of anilines is 3. The molecule has 5 aromatic rings. The van der Waals surface area contributed by atoms with Crippen molar-refractivity contribution in [2.24, 2.45) is 7.05 Å². The quantitative estimate of drug-likeness (QED) is 0.177. The summed E-state index contributed by atoms with van der Waals surface area (Å²) in [6.45, 7) is 4.19. The molecular formula is C38H38N10O2. The van der Waals surface area contributed by atoms with Crippen molar-refractivity contribution in [3.63, 3.8) is 0 Å². The van der Waals surface area contributed by atoms with E-state index in [4.69, 9.17) is 9.97 Å². The molecule has 3 amide bonds. The number of hydrogen-bond donors (Lipinski definition) is 3. The fourth-order valence-corrected chi connectivity index (χ4v) is 6.74. The van der Waals surface area contributed by atoms with E-state index in [2.05, 4.69) is 32.1 Å². The van der Waals surface area contributed by atoms with Crippen molar-refractivity contribution >= 4 is 29.4 Å². The number of carbonyl (C=O) groups is 2. The maximum Gasteiger partial charge on any atom is 0.323 e. The van der Waals surface area contributed by atoms with E-state index in [-0.39, 0.29) is 24.0 Å². The van der Waals surface area contributed by atoms with Gasteiger partial charge < -0.3 is 16.0 Å². The van der Waals surface area contributed by atoms with Crippen LogP contribution in [0.4, 0.5) is 22.2 Å². The molecule has 0 saturated heterocycles. The van der Waals surface area contributed by atoms with Gasteiger partial charge in [-0.25, -0.2) is 19.7 Å². The molecule has 1 aliphatic carbocycles. The van der Waals surface area contributed by atoms with Gasteiger partial charge in [0, 0.05) is 60.4 Å². The Balaban J connectivity index is 1.06. The summed E-state index contributed by atoms with van der Waals surface area (Å²) in [6, 6.07) is 21.4. The first-order chi connectivity index (χ1) is 24.2. The van der Waals surface area contributed by atoms with Crippen LogP contribution in [0.25, 0.3) is 22.4 Å². The highest BCUT2D eigenvalue weighted by Gasteiger charge is 2.38. The molecule has 0 spiro atoms. The van der Waals surface area contributed by atoms with Gasteiger partial charge in [0.15, 0.2) is 0 Å². The third kappa shape index (κ3) is 6.50. The smallest absolute Gasteiger partial charge is 0.323 e. The predicted octanol–water partition coefficient (Wildman–Crippen LogP) is 6.18. The number of nitrogens with zero attached hydrogens (tertiary/aromatic N) is 7. The number of aromatic nitrogens is 5. The van der Waals surface area contributed by atoms with Crippen LogP contribution in [0.1, 0.15) is 56.2 Å². The summed E-state index contributed by atoms with van der Waals surface area (Å²) in [4.78, 5) is 42.0. The van der Waals surface area contributed by atoms with Gasteiger partial charge in [0.25, 0.3) is 0 Å². The molecule has 3 aromatic heterocycles. The molecule has 2 aromatic carbocycles. The monoisotopic (exact) mass is 666 g/mol. The number of nitriles is 1. The molecule has 0 atom stereocenters. The molecule has 7 rings (SSSR count). The van der Waals surface area contributed by atoms with Gasteiger partial charge >= 0.3 is 6.03 Å². The Morgan fingerprint density at radius 3 is 2.48 bits per heavy atom. The molecule has 1 aliphatic heterocycles. The molecule has 1 fully saturated rings. The summed E-state index contributed by atoms with van der Waals surface area (Å²) in [6.07, 6.45) is 10.1. The molecule has 12 nitrogen and oxygen atoms in total. The largest absolute Gasteiger partial charge is 0.351 e. The number of hydrogen-bond acceptors (Lipinski definition) is 8. The molecule has 0 bridgehead atoms. The number of nitrogens with one attached hydrogen (secondary N) is 3. The summed E-state index contributed by atoms with van der Waals surface area (Å²) < 4.78 is 1.75. The summed E-state index contributed by atoms with van der Waals surface area (Å²) >= 11 is 0. The Morgan fingerprint density at radius 1 is 1.00 bits per heavy atom. The first kappa shape index (κ1) is 32.5. The summed E-state index contributed by atoms with van der Waals surface area (Å²) in [7, 11) is 1.87. The fraction of sp³-hybridized carbons (Fsp3) is 0.289. The Morgan fingerprint density at radius 2 is 1.78 bits per heavy atom. The van der Waals surface area contributed by atoms with Crippen molar-refractivity contribution in [2.45, 2.75) is 63.6 Å².